The van der Waals surface area contributed by atoms with Crippen LogP contribution in [-0.2, 0) is 16.0 Å². The van der Waals surface area contributed by atoms with Crippen molar-refractivity contribution in [1.29, 1.82) is 0 Å². The second-order valence-electron chi connectivity index (χ2n) is 8.87. The third-order valence-corrected chi connectivity index (χ3v) is 7.28. The fourth-order valence-corrected chi connectivity index (χ4v) is 5.33. The largest absolute Gasteiger partial charge is 0.507 e. The number of methoxy groups -OCH3 is 2. The molecule has 5 rings (SSSR count). The van der Waals surface area contributed by atoms with Crippen LogP contribution in [0.25, 0.3) is 16.7 Å². The molecular weight excluding hydrogens is 527 g/mol. The molecule has 1 fully saturated rings. The highest BCUT2D eigenvalue weighted by atomic mass is 35.5. The first-order valence-corrected chi connectivity index (χ1v) is 12.6. The predicted molar refractivity (Wildman–Crippen MR) is 147 cm³/mol. The molecule has 2 N–H and O–H groups in total. The number of carbonyl (C=O) groups excluding carboxylic acids is 2. The third-order valence-electron chi connectivity index (χ3n) is 6.73. The Balaban J connectivity index is 1.58. The molecule has 7 nitrogen and oxygen atoms in total. The summed E-state index contributed by atoms with van der Waals surface area (Å²) in [5.74, 6) is -0.586. The summed E-state index contributed by atoms with van der Waals surface area (Å²) in [6, 6.07) is 16.5. The molecule has 4 aromatic rings. The molecular formula is C29H24Cl2N2O5. The SMILES string of the molecule is COc1cccc([C@@H]2C(=C(O)c3ccc(Cl)cc3Cl)C(=O)C(=O)N2CCc2c[nH]c3ccc(OC)cc23)c1. The van der Waals surface area contributed by atoms with E-state index in [1.165, 1.54) is 24.1 Å². The van der Waals surface area contributed by atoms with Crippen LogP contribution in [0.4, 0.5) is 0 Å². The number of carbonyl (C=O) groups is 2. The second kappa shape index (κ2) is 10.4. The number of H-pyrrole nitrogens is 1. The zero-order chi connectivity index (χ0) is 27.0. The first-order chi connectivity index (χ1) is 18.3. The fraction of sp³-hybridized carbons (Fsp3) is 0.172. The summed E-state index contributed by atoms with van der Waals surface area (Å²) in [5, 5.41) is 12.8. The van der Waals surface area contributed by atoms with Crippen LogP contribution in [0.5, 0.6) is 11.5 Å². The van der Waals surface area contributed by atoms with E-state index in [0.29, 0.717) is 22.8 Å². The first kappa shape index (κ1) is 25.7. The fourth-order valence-electron chi connectivity index (χ4n) is 4.83. The van der Waals surface area contributed by atoms with Crippen LogP contribution < -0.4 is 9.47 Å². The number of ether oxygens (including phenoxy) is 2. The number of ketones is 1. The Morgan fingerprint density at radius 3 is 2.50 bits per heavy atom. The number of halogens is 2. The van der Waals surface area contributed by atoms with Gasteiger partial charge in [-0.15, -0.1) is 0 Å². The van der Waals surface area contributed by atoms with Crippen molar-refractivity contribution in [3.8, 4) is 11.5 Å². The Kier molecular flexibility index (Phi) is 7.06. The van der Waals surface area contributed by atoms with Crippen LogP contribution >= 0.6 is 23.2 Å². The number of hydrogen-bond acceptors (Lipinski definition) is 5. The minimum absolute atomic E-state index is 0.0481. The zero-order valence-electron chi connectivity index (χ0n) is 20.6. The maximum Gasteiger partial charge on any atom is 0.295 e. The number of aliphatic hydroxyl groups is 1. The number of hydrogen-bond donors (Lipinski definition) is 2. The summed E-state index contributed by atoms with van der Waals surface area (Å²) in [4.78, 5) is 31.5. The van der Waals surface area contributed by atoms with E-state index in [-0.39, 0.29) is 28.5 Å². The average molecular weight is 551 g/mol. The number of fused-ring (bicyclic) bond motifs is 1. The summed E-state index contributed by atoms with van der Waals surface area (Å²) >= 11 is 12.4. The van der Waals surface area contributed by atoms with Crippen molar-refractivity contribution in [3.63, 3.8) is 0 Å². The highest BCUT2D eigenvalue weighted by molar-refractivity contribution is 6.47. The summed E-state index contributed by atoms with van der Waals surface area (Å²) in [5.41, 5.74) is 2.69. The van der Waals surface area contributed by atoms with Crippen LogP contribution in [0.15, 0.2) is 72.4 Å². The van der Waals surface area contributed by atoms with Gasteiger partial charge in [0.1, 0.15) is 17.3 Å². The van der Waals surface area contributed by atoms with E-state index >= 15 is 0 Å². The molecule has 1 atom stereocenters. The maximum atomic E-state index is 13.4. The molecule has 2 heterocycles. The van der Waals surface area contributed by atoms with Crippen molar-refractivity contribution in [2.24, 2.45) is 0 Å². The summed E-state index contributed by atoms with van der Waals surface area (Å²) in [7, 11) is 3.14. The van der Waals surface area contributed by atoms with Gasteiger partial charge in [-0.2, -0.15) is 0 Å². The van der Waals surface area contributed by atoms with Crippen LogP contribution in [0, 0.1) is 0 Å². The monoisotopic (exact) mass is 550 g/mol. The molecule has 0 spiro atoms. The number of amides is 1. The average Bonchev–Trinajstić information content (AvgIpc) is 3.44. The molecule has 1 aliphatic heterocycles. The summed E-state index contributed by atoms with van der Waals surface area (Å²) < 4.78 is 10.8. The zero-order valence-corrected chi connectivity index (χ0v) is 22.1. The Labute approximate surface area is 229 Å². The summed E-state index contributed by atoms with van der Waals surface area (Å²) in [6.07, 6.45) is 2.34. The van der Waals surface area contributed by atoms with E-state index in [1.807, 2.05) is 24.4 Å². The standard InChI is InChI=1S/C29H24Cl2N2O5/c1-37-19-5-3-4-16(12-19)26-25(27(34)21-8-6-18(30)13-23(21)31)28(35)29(36)33(26)11-10-17-15-32-24-9-7-20(38-2)14-22(17)24/h3-9,12-15,26,32,34H,10-11H2,1-2H3/t26-/m1/s1. The molecule has 0 unspecified atom stereocenters. The van der Waals surface area contributed by atoms with Gasteiger partial charge in [-0.25, -0.2) is 0 Å². The van der Waals surface area contributed by atoms with Gasteiger partial charge < -0.3 is 24.5 Å². The number of aromatic amines is 1. The van der Waals surface area contributed by atoms with Crippen molar-refractivity contribution < 1.29 is 24.2 Å². The molecule has 1 aromatic heterocycles. The quantitative estimate of drug-likeness (QED) is 0.163. The number of likely N-dealkylation sites (tertiary alicyclic amines) is 1. The van der Waals surface area contributed by atoms with Gasteiger partial charge in [0.05, 0.1) is 30.9 Å². The molecule has 3 aromatic carbocycles. The highest BCUT2D eigenvalue weighted by Crippen LogP contribution is 2.41. The number of nitrogens with one attached hydrogen (secondary N) is 1. The van der Waals surface area contributed by atoms with E-state index in [1.54, 1.807) is 37.4 Å². The third kappa shape index (κ3) is 4.59. The number of aromatic nitrogens is 1. The number of benzene rings is 3. The number of aliphatic hydroxyl groups excluding tert-OH is 1. The molecule has 1 amide bonds. The molecule has 0 bridgehead atoms. The van der Waals surface area contributed by atoms with Crippen molar-refractivity contribution in [2.45, 2.75) is 12.5 Å². The lowest BCUT2D eigenvalue weighted by atomic mass is 9.95. The van der Waals surface area contributed by atoms with E-state index in [0.717, 1.165) is 22.2 Å². The van der Waals surface area contributed by atoms with Gasteiger partial charge in [0, 0.05) is 34.2 Å². The Bertz CT molecular complexity index is 1590. The molecule has 0 saturated carbocycles. The lowest BCUT2D eigenvalue weighted by molar-refractivity contribution is -0.139. The molecule has 0 radical (unpaired) electrons. The van der Waals surface area contributed by atoms with Crippen LogP contribution in [0.3, 0.4) is 0 Å². The first-order valence-electron chi connectivity index (χ1n) is 11.8. The van der Waals surface area contributed by atoms with Crippen molar-refractivity contribution >= 4 is 51.6 Å². The van der Waals surface area contributed by atoms with Gasteiger partial charge in [-0.05, 0) is 66.1 Å². The smallest absolute Gasteiger partial charge is 0.295 e. The van der Waals surface area contributed by atoms with Gasteiger partial charge in [0.2, 0.25) is 0 Å². The predicted octanol–water partition coefficient (Wildman–Crippen LogP) is 6.16. The van der Waals surface area contributed by atoms with E-state index < -0.39 is 17.7 Å². The molecule has 1 aliphatic rings. The Morgan fingerprint density at radius 1 is 1.00 bits per heavy atom. The molecule has 1 saturated heterocycles. The Morgan fingerprint density at radius 2 is 1.76 bits per heavy atom. The Hall–Kier alpha value is -3.94. The maximum absolute atomic E-state index is 13.4. The number of Topliss-reactive ketones (excluding diaryl/α,β-unsaturated/α-hetero) is 1. The normalized spacial score (nSPS) is 16.8. The summed E-state index contributed by atoms with van der Waals surface area (Å²) in [6.45, 7) is 0.224. The van der Waals surface area contributed by atoms with Gasteiger partial charge in [-0.1, -0.05) is 35.3 Å². The lowest BCUT2D eigenvalue weighted by Gasteiger charge is -2.25. The van der Waals surface area contributed by atoms with Gasteiger partial charge in [-0.3, -0.25) is 9.59 Å². The van der Waals surface area contributed by atoms with E-state index in [2.05, 4.69) is 4.98 Å². The molecule has 0 aliphatic carbocycles. The van der Waals surface area contributed by atoms with Gasteiger partial charge >= 0.3 is 0 Å². The van der Waals surface area contributed by atoms with Gasteiger partial charge in [0.15, 0.2) is 0 Å². The molecule has 9 heteroatoms. The molecule has 38 heavy (non-hydrogen) atoms. The van der Waals surface area contributed by atoms with E-state index in [4.69, 9.17) is 32.7 Å². The van der Waals surface area contributed by atoms with Crippen molar-refractivity contribution in [3.05, 3.63) is 99.2 Å². The lowest BCUT2D eigenvalue weighted by Crippen LogP contribution is -2.31. The van der Waals surface area contributed by atoms with Crippen molar-refractivity contribution in [1.82, 2.24) is 9.88 Å². The minimum atomic E-state index is -0.850. The number of rotatable bonds is 7. The van der Waals surface area contributed by atoms with Crippen LogP contribution in [-0.4, -0.2) is 47.4 Å². The minimum Gasteiger partial charge on any atom is -0.507 e. The topological polar surface area (TPSA) is 91.9 Å². The van der Waals surface area contributed by atoms with Crippen LogP contribution in [0.2, 0.25) is 10.0 Å². The van der Waals surface area contributed by atoms with Crippen LogP contribution in [0.1, 0.15) is 22.7 Å². The number of nitrogens with zero attached hydrogens (tertiary/aromatic N) is 1. The second-order valence-corrected chi connectivity index (χ2v) is 9.71. The highest BCUT2D eigenvalue weighted by Gasteiger charge is 2.46. The van der Waals surface area contributed by atoms with E-state index in [9.17, 15) is 14.7 Å². The van der Waals surface area contributed by atoms with Crippen molar-refractivity contribution in [2.75, 3.05) is 20.8 Å². The van der Waals surface area contributed by atoms with Gasteiger partial charge in [0.25, 0.3) is 11.7 Å². The molecule has 194 valence electrons.